The first-order valence-corrected chi connectivity index (χ1v) is 29.0. The molecular weight excluding hydrogens is 889 g/mol. The first-order valence-electron chi connectivity index (χ1n) is 24.6. The Labute approximate surface area is 419 Å². The number of methoxy groups -OCH3 is 2. The molecule has 0 amide bonds. The topological polar surface area (TPSA) is 36.9 Å². The molecule has 6 heteroatoms. The molecule has 0 bridgehead atoms. The summed E-state index contributed by atoms with van der Waals surface area (Å²) in [5.41, 5.74) is 5.64. The molecule has 8 rings (SSSR count). The summed E-state index contributed by atoms with van der Waals surface area (Å²) in [5, 5.41) is 5.60. The molecule has 0 aliphatic heterocycles. The van der Waals surface area contributed by atoms with E-state index in [1.54, 1.807) is 14.2 Å². The van der Waals surface area contributed by atoms with Crippen molar-refractivity contribution in [3.8, 4) is 23.0 Å². The third kappa shape index (κ3) is 9.94. The summed E-state index contributed by atoms with van der Waals surface area (Å²) in [6.45, 7) is 15.5. The van der Waals surface area contributed by atoms with Gasteiger partial charge >= 0.3 is 0 Å². The Bertz CT molecular complexity index is 2690. The van der Waals surface area contributed by atoms with E-state index in [0.29, 0.717) is 13.2 Å². The van der Waals surface area contributed by atoms with E-state index in [4.69, 9.17) is 18.9 Å². The second-order valence-electron chi connectivity index (χ2n) is 20.1. The molecule has 0 aliphatic carbocycles. The molecule has 0 spiro atoms. The standard InChI is InChI=1S/C64H68O4Si2/c1-63(2,3)69(49-29-13-9-14-30-49,50-31-15-10-16-32-50)47-45-67-59-43-27-23-39-55(59)61(53-37-21-25-41-57(53)65-7)62(54-38-22-26-42-58(54)66-8)56-40-24-28-44-60(56)68-46-48-70(64(4,5)6,51-33-17-11-18-34-51)52-35-19-12-20-36-52/h9-44H,45-48H2,1-8H3/b62-61+. The van der Waals surface area contributed by atoms with E-state index in [2.05, 4.69) is 236 Å². The van der Waals surface area contributed by atoms with E-state index in [9.17, 15) is 0 Å². The first-order chi connectivity index (χ1) is 33.9. The van der Waals surface area contributed by atoms with Crippen LogP contribution in [0.25, 0.3) is 11.1 Å². The van der Waals surface area contributed by atoms with Gasteiger partial charge in [0.1, 0.15) is 39.1 Å². The van der Waals surface area contributed by atoms with Crippen molar-refractivity contribution in [2.24, 2.45) is 0 Å². The zero-order valence-electron chi connectivity index (χ0n) is 42.2. The van der Waals surface area contributed by atoms with Crippen molar-refractivity contribution >= 4 is 48.0 Å². The number of benzene rings is 8. The van der Waals surface area contributed by atoms with Crippen LogP contribution in [0.5, 0.6) is 23.0 Å². The van der Waals surface area contributed by atoms with Gasteiger partial charge in [0.05, 0.1) is 27.4 Å². The van der Waals surface area contributed by atoms with Crippen molar-refractivity contribution in [2.45, 2.75) is 63.7 Å². The van der Waals surface area contributed by atoms with Crippen molar-refractivity contribution in [3.63, 3.8) is 0 Å². The Hall–Kier alpha value is -6.87. The molecule has 70 heavy (non-hydrogen) atoms. The fraction of sp³-hybridized carbons (Fsp3) is 0.219. The van der Waals surface area contributed by atoms with Gasteiger partial charge in [-0.25, -0.2) is 0 Å². The van der Waals surface area contributed by atoms with Gasteiger partial charge in [0, 0.05) is 33.4 Å². The van der Waals surface area contributed by atoms with E-state index in [1.807, 2.05) is 24.3 Å². The number of ether oxygens (including phenoxy) is 4. The van der Waals surface area contributed by atoms with Crippen molar-refractivity contribution in [1.29, 1.82) is 0 Å². The lowest BCUT2D eigenvalue weighted by atomic mass is 9.84. The minimum Gasteiger partial charge on any atom is -0.496 e. The van der Waals surface area contributed by atoms with Crippen LogP contribution in [0.4, 0.5) is 0 Å². The highest BCUT2D eigenvalue weighted by Gasteiger charge is 2.48. The molecule has 4 nitrogen and oxygen atoms in total. The average molecular weight is 957 g/mol. The van der Waals surface area contributed by atoms with Crippen molar-refractivity contribution < 1.29 is 18.9 Å². The van der Waals surface area contributed by atoms with E-state index >= 15 is 0 Å². The normalized spacial score (nSPS) is 12.5. The first kappa shape index (κ1) is 49.6. The summed E-state index contributed by atoms with van der Waals surface area (Å²) >= 11 is 0. The quantitative estimate of drug-likeness (QED) is 0.0634. The number of hydrogen-bond donors (Lipinski definition) is 0. The fourth-order valence-corrected chi connectivity index (χ4v) is 21.7. The lowest BCUT2D eigenvalue weighted by Crippen LogP contribution is -2.64. The van der Waals surface area contributed by atoms with Crippen LogP contribution in [-0.4, -0.2) is 43.6 Å². The highest BCUT2D eigenvalue weighted by Crippen LogP contribution is 2.48. The second-order valence-corrected chi connectivity index (χ2v) is 30.0. The molecule has 0 saturated carbocycles. The summed E-state index contributed by atoms with van der Waals surface area (Å²) in [6, 6.07) is 79.9. The molecule has 0 unspecified atom stereocenters. The molecule has 8 aromatic rings. The zero-order chi connectivity index (χ0) is 49.2. The van der Waals surface area contributed by atoms with Crippen molar-refractivity contribution in [1.82, 2.24) is 0 Å². The van der Waals surface area contributed by atoms with E-state index in [1.165, 1.54) is 20.7 Å². The average Bonchev–Trinajstić information content (AvgIpc) is 3.39. The Balaban J connectivity index is 1.30. The zero-order valence-corrected chi connectivity index (χ0v) is 44.2. The maximum Gasteiger partial charge on any atom is 0.127 e. The minimum absolute atomic E-state index is 0.0149. The molecule has 8 aromatic carbocycles. The Kier molecular flexibility index (Phi) is 15.5. The highest BCUT2D eigenvalue weighted by atomic mass is 28.3. The van der Waals surface area contributed by atoms with E-state index in [0.717, 1.165) is 68.5 Å². The van der Waals surface area contributed by atoms with Crippen LogP contribution < -0.4 is 39.7 Å². The summed E-state index contributed by atoms with van der Waals surface area (Å²) in [5.74, 6) is 3.08. The maximum absolute atomic E-state index is 7.24. The second kappa shape index (κ2) is 21.8. The van der Waals surface area contributed by atoms with Crippen molar-refractivity contribution in [3.05, 3.63) is 241 Å². The Morgan fingerprint density at radius 2 is 0.543 bits per heavy atom. The fourth-order valence-electron chi connectivity index (χ4n) is 11.0. The SMILES string of the molecule is COc1ccccc1/C(=C(/c1ccccc1OC)c1ccccc1OCC[Si](c1ccccc1)(c1ccccc1)C(C)(C)C)c1ccccc1OCC[Si](c1ccccc1)(c1ccccc1)C(C)(C)C. The van der Waals surface area contributed by atoms with Gasteiger partial charge in [-0.15, -0.1) is 0 Å². The number of rotatable bonds is 18. The lowest BCUT2D eigenvalue weighted by Gasteiger charge is -2.44. The number of hydrogen-bond acceptors (Lipinski definition) is 4. The molecule has 0 atom stereocenters. The predicted octanol–water partition coefficient (Wildman–Crippen LogP) is 13.6. The largest absolute Gasteiger partial charge is 0.496 e. The summed E-state index contributed by atoms with van der Waals surface area (Å²) in [6.07, 6.45) is 0. The van der Waals surface area contributed by atoms with Crippen LogP contribution in [0.3, 0.4) is 0 Å². The van der Waals surface area contributed by atoms with Crippen LogP contribution in [0.15, 0.2) is 218 Å². The molecule has 0 aromatic heterocycles. The van der Waals surface area contributed by atoms with E-state index in [-0.39, 0.29) is 10.1 Å². The van der Waals surface area contributed by atoms with Gasteiger partial charge in [0.25, 0.3) is 0 Å². The smallest absolute Gasteiger partial charge is 0.127 e. The molecule has 0 radical (unpaired) electrons. The van der Waals surface area contributed by atoms with Crippen LogP contribution in [0.1, 0.15) is 63.8 Å². The third-order valence-corrected chi connectivity index (χ3v) is 26.7. The van der Waals surface area contributed by atoms with E-state index < -0.39 is 16.1 Å². The van der Waals surface area contributed by atoms with Gasteiger partial charge in [0.15, 0.2) is 0 Å². The molecule has 0 saturated heterocycles. The van der Waals surface area contributed by atoms with Gasteiger partial charge < -0.3 is 18.9 Å². The summed E-state index contributed by atoms with van der Waals surface area (Å²) < 4.78 is 27.0. The molecular formula is C64H68O4Si2. The van der Waals surface area contributed by atoms with Gasteiger partial charge in [-0.2, -0.15) is 0 Å². The van der Waals surface area contributed by atoms with Gasteiger partial charge in [-0.1, -0.05) is 256 Å². The summed E-state index contributed by atoms with van der Waals surface area (Å²) in [4.78, 5) is 0. The van der Waals surface area contributed by atoms with Gasteiger partial charge in [-0.05, 0) is 46.4 Å². The Morgan fingerprint density at radius 1 is 0.314 bits per heavy atom. The molecule has 356 valence electrons. The van der Waals surface area contributed by atoms with Crippen LogP contribution >= 0.6 is 0 Å². The Morgan fingerprint density at radius 3 is 0.800 bits per heavy atom. The van der Waals surface area contributed by atoms with Gasteiger partial charge in [0.2, 0.25) is 0 Å². The maximum atomic E-state index is 7.24. The molecule has 0 N–H and O–H groups in total. The lowest BCUT2D eigenvalue weighted by molar-refractivity contribution is 0.335. The predicted molar refractivity (Wildman–Crippen MR) is 300 cm³/mol. The minimum atomic E-state index is -2.44. The summed E-state index contributed by atoms with van der Waals surface area (Å²) in [7, 11) is -1.40. The monoisotopic (exact) mass is 956 g/mol. The van der Waals surface area contributed by atoms with Crippen LogP contribution in [-0.2, 0) is 0 Å². The van der Waals surface area contributed by atoms with Crippen LogP contribution in [0, 0.1) is 0 Å². The van der Waals surface area contributed by atoms with Gasteiger partial charge in [-0.3, -0.25) is 0 Å². The molecule has 0 aliphatic rings. The highest BCUT2D eigenvalue weighted by molar-refractivity contribution is 7.05. The molecule has 0 heterocycles. The molecule has 0 fully saturated rings. The van der Waals surface area contributed by atoms with Crippen molar-refractivity contribution in [2.75, 3.05) is 27.4 Å². The third-order valence-electron chi connectivity index (χ3n) is 14.4. The number of para-hydroxylation sites is 4. The van der Waals surface area contributed by atoms with Crippen LogP contribution in [0.2, 0.25) is 22.2 Å².